The molecule has 0 aliphatic rings. The van der Waals surface area contributed by atoms with Gasteiger partial charge in [0, 0.05) is 12.0 Å². The fourth-order valence-electron chi connectivity index (χ4n) is 2.26. The Labute approximate surface area is 129 Å². The summed E-state index contributed by atoms with van der Waals surface area (Å²) in [5, 5.41) is 0. The lowest BCUT2D eigenvalue weighted by Crippen LogP contribution is -2.02. The molecule has 1 unspecified atom stereocenters. The molecule has 0 saturated heterocycles. The molecule has 0 spiro atoms. The summed E-state index contributed by atoms with van der Waals surface area (Å²) in [7, 11) is 1.53. The van der Waals surface area contributed by atoms with Crippen molar-refractivity contribution in [1.82, 2.24) is 4.98 Å². The summed E-state index contributed by atoms with van der Waals surface area (Å²) in [6, 6.07) is 12.3. The van der Waals surface area contributed by atoms with Crippen LogP contribution in [0.3, 0.4) is 0 Å². The smallest absolute Gasteiger partial charge is 0.196 e. The van der Waals surface area contributed by atoms with Gasteiger partial charge < -0.3 is 9.15 Å². The second kappa shape index (κ2) is 5.85. The number of aromatic nitrogens is 1. The molecule has 3 nitrogen and oxygen atoms in total. The Hall–Kier alpha value is -1.88. The molecule has 0 saturated carbocycles. The van der Waals surface area contributed by atoms with Crippen molar-refractivity contribution in [2.45, 2.75) is 11.2 Å². The van der Waals surface area contributed by atoms with Gasteiger partial charge in [-0.15, -0.1) is 0 Å². The highest BCUT2D eigenvalue weighted by molar-refractivity contribution is 9.09. The Balaban J connectivity index is 1.91. The molecule has 0 fully saturated rings. The van der Waals surface area contributed by atoms with E-state index in [0.717, 1.165) is 11.1 Å². The number of oxazole rings is 1. The topological polar surface area (TPSA) is 35.3 Å². The Morgan fingerprint density at radius 3 is 2.81 bits per heavy atom. The van der Waals surface area contributed by atoms with Crippen molar-refractivity contribution in [1.29, 1.82) is 0 Å². The van der Waals surface area contributed by atoms with Gasteiger partial charge in [0.15, 0.2) is 11.5 Å². The van der Waals surface area contributed by atoms with Gasteiger partial charge in [0.2, 0.25) is 0 Å². The predicted molar refractivity (Wildman–Crippen MR) is 82.3 cm³/mol. The summed E-state index contributed by atoms with van der Waals surface area (Å²) >= 11 is 3.50. The molecule has 5 heteroatoms. The molecule has 0 bridgehead atoms. The Morgan fingerprint density at radius 2 is 2.05 bits per heavy atom. The van der Waals surface area contributed by atoms with Gasteiger partial charge in [-0.3, -0.25) is 0 Å². The van der Waals surface area contributed by atoms with Crippen LogP contribution >= 0.6 is 15.9 Å². The minimum Gasteiger partial charge on any atom is -0.496 e. The summed E-state index contributed by atoms with van der Waals surface area (Å²) < 4.78 is 24.9. The number of ether oxygens (including phenoxy) is 1. The molecule has 1 heterocycles. The quantitative estimate of drug-likeness (QED) is 0.643. The molecule has 0 aliphatic heterocycles. The second-order valence-corrected chi connectivity index (χ2v) is 5.71. The number of methoxy groups -OCH3 is 1. The van der Waals surface area contributed by atoms with Crippen molar-refractivity contribution in [2.75, 3.05) is 7.11 Å². The largest absolute Gasteiger partial charge is 0.496 e. The number of alkyl halides is 1. The summed E-state index contributed by atoms with van der Waals surface area (Å²) in [5.74, 6) is 0.753. The normalized spacial score (nSPS) is 12.5. The molecule has 3 aromatic rings. The maximum Gasteiger partial charge on any atom is 0.196 e. The number of hydrogen-bond donors (Lipinski definition) is 0. The number of benzene rings is 2. The number of fused-ring (bicyclic) bond motifs is 1. The van der Waals surface area contributed by atoms with Crippen molar-refractivity contribution in [3.8, 4) is 5.75 Å². The first-order valence-corrected chi connectivity index (χ1v) is 7.41. The minimum absolute atomic E-state index is 0.276. The van der Waals surface area contributed by atoms with Crippen LogP contribution in [0.2, 0.25) is 0 Å². The standard InChI is InChI=1S/C16H13BrFNO2/c1-20-14-8-4-5-11(18)16(14)10(17)9-15-19-12-6-2-3-7-13(12)21-15/h2-8,10H,9H2,1H3. The van der Waals surface area contributed by atoms with Gasteiger partial charge in [-0.1, -0.05) is 34.1 Å². The van der Waals surface area contributed by atoms with E-state index in [-0.39, 0.29) is 10.6 Å². The first-order chi connectivity index (χ1) is 10.2. The van der Waals surface area contributed by atoms with Crippen LogP contribution in [0.5, 0.6) is 5.75 Å². The Kier molecular flexibility index (Phi) is 3.92. The molecule has 2 aromatic carbocycles. The van der Waals surface area contributed by atoms with Gasteiger partial charge in [0.05, 0.1) is 11.9 Å². The third-order valence-corrected chi connectivity index (χ3v) is 4.02. The van der Waals surface area contributed by atoms with Crippen LogP contribution in [0.4, 0.5) is 4.39 Å². The molecular formula is C16H13BrFNO2. The molecule has 0 radical (unpaired) electrons. The molecule has 1 atom stereocenters. The molecule has 21 heavy (non-hydrogen) atoms. The lowest BCUT2D eigenvalue weighted by molar-refractivity contribution is 0.403. The van der Waals surface area contributed by atoms with Crippen molar-refractivity contribution in [3.63, 3.8) is 0 Å². The highest BCUT2D eigenvalue weighted by Gasteiger charge is 2.20. The number of para-hydroxylation sites is 2. The third kappa shape index (κ3) is 2.78. The maximum atomic E-state index is 14.0. The van der Waals surface area contributed by atoms with Gasteiger partial charge in [-0.2, -0.15) is 0 Å². The summed E-state index contributed by atoms with van der Waals surface area (Å²) in [6.07, 6.45) is 0.436. The van der Waals surface area contributed by atoms with E-state index in [1.54, 1.807) is 12.1 Å². The summed E-state index contributed by atoms with van der Waals surface area (Å²) in [4.78, 5) is 4.13. The van der Waals surface area contributed by atoms with E-state index in [9.17, 15) is 4.39 Å². The van der Waals surface area contributed by atoms with E-state index < -0.39 is 0 Å². The Morgan fingerprint density at radius 1 is 1.24 bits per heavy atom. The number of hydrogen-bond acceptors (Lipinski definition) is 3. The van der Waals surface area contributed by atoms with Crippen LogP contribution in [0.15, 0.2) is 46.9 Å². The zero-order chi connectivity index (χ0) is 14.8. The van der Waals surface area contributed by atoms with Crippen molar-refractivity contribution >= 4 is 27.0 Å². The second-order valence-electron chi connectivity index (χ2n) is 4.60. The van der Waals surface area contributed by atoms with E-state index in [0.29, 0.717) is 23.6 Å². The van der Waals surface area contributed by atoms with Crippen LogP contribution in [-0.4, -0.2) is 12.1 Å². The average Bonchev–Trinajstić information content (AvgIpc) is 2.88. The van der Waals surface area contributed by atoms with Crippen LogP contribution < -0.4 is 4.74 Å². The van der Waals surface area contributed by atoms with E-state index in [4.69, 9.17) is 9.15 Å². The van der Waals surface area contributed by atoms with E-state index in [1.807, 2.05) is 24.3 Å². The summed E-state index contributed by atoms with van der Waals surface area (Å²) in [6.45, 7) is 0. The van der Waals surface area contributed by atoms with E-state index >= 15 is 0 Å². The van der Waals surface area contributed by atoms with Gasteiger partial charge in [0.25, 0.3) is 0 Å². The molecule has 108 valence electrons. The van der Waals surface area contributed by atoms with Gasteiger partial charge in [-0.25, -0.2) is 9.37 Å². The minimum atomic E-state index is -0.313. The summed E-state index contributed by atoms with van der Waals surface area (Å²) in [5.41, 5.74) is 2.00. The fraction of sp³-hybridized carbons (Fsp3) is 0.188. The van der Waals surface area contributed by atoms with Crippen LogP contribution in [-0.2, 0) is 6.42 Å². The fourth-order valence-corrected chi connectivity index (χ4v) is 2.98. The number of rotatable bonds is 4. The number of nitrogens with zero attached hydrogens (tertiary/aromatic N) is 1. The van der Waals surface area contributed by atoms with Crippen LogP contribution in [0, 0.1) is 5.82 Å². The lowest BCUT2D eigenvalue weighted by atomic mass is 10.1. The molecule has 3 rings (SSSR count). The molecule has 0 aliphatic carbocycles. The van der Waals surface area contributed by atoms with E-state index in [1.165, 1.54) is 13.2 Å². The lowest BCUT2D eigenvalue weighted by Gasteiger charge is -2.13. The van der Waals surface area contributed by atoms with E-state index in [2.05, 4.69) is 20.9 Å². The zero-order valence-electron chi connectivity index (χ0n) is 11.3. The molecule has 0 amide bonds. The highest BCUT2D eigenvalue weighted by atomic mass is 79.9. The SMILES string of the molecule is COc1cccc(F)c1C(Br)Cc1nc2ccccc2o1. The van der Waals surface area contributed by atoms with Crippen molar-refractivity contribution in [2.24, 2.45) is 0 Å². The zero-order valence-corrected chi connectivity index (χ0v) is 12.9. The molecule has 1 aromatic heterocycles. The van der Waals surface area contributed by atoms with Gasteiger partial charge in [0.1, 0.15) is 17.1 Å². The van der Waals surface area contributed by atoms with Crippen LogP contribution in [0.25, 0.3) is 11.1 Å². The van der Waals surface area contributed by atoms with Gasteiger partial charge in [-0.05, 0) is 24.3 Å². The van der Waals surface area contributed by atoms with Crippen molar-refractivity contribution in [3.05, 3.63) is 59.7 Å². The number of halogens is 2. The first-order valence-electron chi connectivity index (χ1n) is 6.50. The molecule has 0 N–H and O–H groups in total. The average molecular weight is 350 g/mol. The first kappa shape index (κ1) is 14.1. The van der Waals surface area contributed by atoms with Crippen LogP contribution in [0.1, 0.15) is 16.3 Å². The highest BCUT2D eigenvalue weighted by Crippen LogP contribution is 2.36. The van der Waals surface area contributed by atoms with Crippen molar-refractivity contribution < 1.29 is 13.5 Å². The van der Waals surface area contributed by atoms with Gasteiger partial charge >= 0.3 is 0 Å². The maximum absolute atomic E-state index is 14.0. The monoisotopic (exact) mass is 349 g/mol. The predicted octanol–water partition coefficient (Wildman–Crippen LogP) is 4.65. The third-order valence-electron chi connectivity index (χ3n) is 3.24. The molecular weight excluding hydrogens is 337 g/mol. The Bertz CT molecular complexity index is 739.